The average Bonchev–Trinajstić information content (AvgIpc) is 2.58. The number of nitrogen functional groups attached to an aromatic ring is 2. The molecule has 3 aromatic carbocycles. The summed E-state index contributed by atoms with van der Waals surface area (Å²) in [6.07, 6.45) is 0. The Balaban J connectivity index is 1.97. The smallest absolute Gasteiger partial charge is 0.0849 e. The predicted molar refractivity (Wildman–Crippen MR) is 107 cm³/mol. The molecule has 0 heterocycles. The van der Waals surface area contributed by atoms with Gasteiger partial charge in [-0.25, -0.2) is 0 Å². The van der Waals surface area contributed by atoms with Crippen molar-refractivity contribution >= 4 is 34.9 Å². The molecule has 0 unspecified atom stereocenters. The quantitative estimate of drug-likeness (QED) is 0.349. The van der Waals surface area contributed by atoms with E-state index in [1.54, 1.807) is 23.5 Å². The first kappa shape index (κ1) is 16.8. The molecule has 2 nitrogen and oxygen atoms in total. The van der Waals surface area contributed by atoms with Gasteiger partial charge in [-0.15, -0.1) is 23.5 Å². The molecular formula is C20H20N2S2. The summed E-state index contributed by atoms with van der Waals surface area (Å²) in [5.41, 5.74) is 16.5. The van der Waals surface area contributed by atoms with Crippen LogP contribution in [0.1, 0.15) is 15.7 Å². The number of aryl methyl sites for hydroxylation is 1. The molecule has 0 fully saturated rings. The van der Waals surface area contributed by atoms with Crippen molar-refractivity contribution in [2.24, 2.45) is 0 Å². The minimum Gasteiger partial charge on any atom is -0.398 e. The van der Waals surface area contributed by atoms with E-state index in [2.05, 4.69) is 43.3 Å². The Morgan fingerprint density at radius 3 is 1.62 bits per heavy atom. The van der Waals surface area contributed by atoms with Gasteiger partial charge in [0.05, 0.1) is 4.58 Å². The highest BCUT2D eigenvalue weighted by molar-refractivity contribution is 8.16. The van der Waals surface area contributed by atoms with Crippen LogP contribution in [0.3, 0.4) is 0 Å². The van der Waals surface area contributed by atoms with Crippen molar-refractivity contribution in [1.82, 2.24) is 0 Å². The molecule has 0 aromatic heterocycles. The van der Waals surface area contributed by atoms with Gasteiger partial charge in [0.1, 0.15) is 0 Å². The SMILES string of the molecule is Cc1ccccc1C(Sc1ccccc1N)Sc1ccccc1N. The number of thioether (sulfide) groups is 2. The van der Waals surface area contributed by atoms with Crippen LogP contribution in [-0.4, -0.2) is 0 Å². The van der Waals surface area contributed by atoms with Gasteiger partial charge in [0.2, 0.25) is 0 Å². The van der Waals surface area contributed by atoms with Gasteiger partial charge in [-0.05, 0) is 42.3 Å². The number of hydrogen-bond acceptors (Lipinski definition) is 4. The fourth-order valence-corrected chi connectivity index (χ4v) is 5.19. The number of hydrogen-bond donors (Lipinski definition) is 2. The molecule has 0 aliphatic heterocycles. The van der Waals surface area contributed by atoms with Crippen LogP contribution in [0.4, 0.5) is 11.4 Å². The zero-order valence-corrected chi connectivity index (χ0v) is 15.1. The van der Waals surface area contributed by atoms with E-state index in [0.717, 1.165) is 21.2 Å². The number of nitrogens with two attached hydrogens (primary N) is 2. The summed E-state index contributed by atoms with van der Waals surface area (Å²) in [6.45, 7) is 2.14. The molecule has 4 N–H and O–H groups in total. The summed E-state index contributed by atoms with van der Waals surface area (Å²) in [6, 6.07) is 24.5. The van der Waals surface area contributed by atoms with Crippen molar-refractivity contribution in [2.45, 2.75) is 21.3 Å². The Bertz CT molecular complexity index is 786. The van der Waals surface area contributed by atoms with Gasteiger partial charge in [0.15, 0.2) is 0 Å². The van der Waals surface area contributed by atoms with Crippen LogP contribution in [0, 0.1) is 6.92 Å². The molecular weight excluding hydrogens is 332 g/mol. The molecule has 0 aliphatic carbocycles. The molecule has 0 aliphatic rings. The number of anilines is 2. The number of para-hydroxylation sites is 2. The highest BCUT2D eigenvalue weighted by atomic mass is 32.2. The van der Waals surface area contributed by atoms with Crippen molar-refractivity contribution in [3.8, 4) is 0 Å². The minimum atomic E-state index is 0.181. The molecule has 4 heteroatoms. The van der Waals surface area contributed by atoms with Gasteiger partial charge in [0.25, 0.3) is 0 Å². The largest absolute Gasteiger partial charge is 0.398 e. The lowest BCUT2D eigenvalue weighted by Gasteiger charge is -2.20. The maximum Gasteiger partial charge on any atom is 0.0849 e. The topological polar surface area (TPSA) is 52.0 Å². The first-order valence-corrected chi connectivity index (χ1v) is 9.49. The van der Waals surface area contributed by atoms with Gasteiger partial charge in [-0.2, -0.15) is 0 Å². The number of benzene rings is 3. The lowest BCUT2D eigenvalue weighted by atomic mass is 10.1. The average molecular weight is 353 g/mol. The zero-order chi connectivity index (χ0) is 16.9. The van der Waals surface area contributed by atoms with E-state index < -0.39 is 0 Å². The lowest BCUT2D eigenvalue weighted by molar-refractivity contribution is 1.27. The Kier molecular flexibility index (Phi) is 5.38. The summed E-state index contributed by atoms with van der Waals surface area (Å²) in [7, 11) is 0. The van der Waals surface area contributed by atoms with E-state index >= 15 is 0 Å². The van der Waals surface area contributed by atoms with E-state index in [-0.39, 0.29) is 4.58 Å². The van der Waals surface area contributed by atoms with Crippen molar-refractivity contribution < 1.29 is 0 Å². The Labute approximate surface area is 151 Å². The maximum absolute atomic E-state index is 6.15. The molecule has 0 bridgehead atoms. The van der Waals surface area contributed by atoms with Gasteiger partial charge in [-0.3, -0.25) is 0 Å². The monoisotopic (exact) mass is 352 g/mol. The van der Waals surface area contributed by atoms with Gasteiger partial charge in [0, 0.05) is 21.2 Å². The summed E-state index contributed by atoms with van der Waals surface area (Å²) >= 11 is 3.54. The van der Waals surface area contributed by atoms with Crippen LogP contribution in [-0.2, 0) is 0 Å². The number of rotatable bonds is 5. The van der Waals surface area contributed by atoms with Gasteiger partial charge < -0.3 is 11.5 Å². The normalized spacial score (nSPS) is 10.9. The molecule has 0 radical (unpaired) electrons. The van der Waals surface area contributed by atoms with Crippen molar-refractivity contribution in [3.63, 3.8) is 0 Å². The second-order valence-corrected chi connectivity index (χ2v) is 8.09. The van der Waals surface area contributed by atoms with Crippen LogP contribution < -0.4 is 11.5 Å². The summed E-state index contributed by atoms with van der Waals surface area (Å²) < 4.78 is 0.181. The van der Waals surface area contributed by atoms with Crippen LogP contribution in [0.5, 0.6) is 0 Å². The van der Waals surface area contributed by atoms with Crippen molar-refractivity contribution in [2.75, 3.05) is 11.5 Å². The van der Waals surface area contributed by atoms with Crippen molar-refractivity contribution in [1.29, 1.82) is 0 Å². The van der Waals surface area contributed by atoms with E-state index in [1.165, 1.54) is 11.1 Å². The summed E-state index contributed by atoms with van der Waals surface area (Å²) in [5.74, 6) is 0. The molecule has 0 saturated heterocycles. The van der Waals surface area contributed by atoms with Gasteiger partial charge in [-0.1, -0.05) is 48.5 Å². The second-order valence-electron chi connectivity index (χ2n) is 5.50. The van der Waals surface area contributed by atoms with Crippen molar-refractivity contribution in [3.05, 3.63) is 83.9 Å². The van der Waals surface area contributed by atoms with Gasteiger partial charge >= 0.3 is 0 Å². The first-order chi connectivity index (χ1) is 11.6. The maximum atomic E-state index is 6.15. The molecule has 3 aromatic rings. The molecule has 0 saturated carbocycles. The fourth-order valence-electron chi connectivity index (χ4n) is 2.41. The third kappa shape index (κ3) is 3.89. The van der Waals surface area contributed by atoms with E-state index in [9.17, 15) is 0 Å². The highest BCUT2D eigenvalue weighted by Gasteiger charge is 2.19. The molecule has 0 amide bonds. The van der Waals surface area contributed by atoms with Crippen LogP contribution >= 0.6 is 23.5 Å². The van der Waals surface area contributed by atoms with Crippen LogP contribution in [0.25, 0.3) is 0 Å². The summed E-state index contributed by atoms with van der Waals surface area (Å²) in [5, 5.41) is 0. The molecule has 0 atom stereocenters. The van der Waals surface area contributed by atoms with E-state index in [4.69, 9.17) is 11.5 Å². The third-order valence-electron chi connectivity index (χ3n) is 3.75. The molecule has 0 spiro atoms. The zero-order valence-electron chi connectivity index (χ0n) is 13.5. The third-order valence-corrected chi connectivity index (χ3v) is 6.51. The Hall–Kier alpha value is -2.04. The predicted octanol–water partition coefficient (Wildman–Crippen LogP) is 5.74. The van der Waals surface area contributed by atoms with E-state index in [1.807, 2.05) is 36.4 Å². The lowest BCUT2D eigenvalue weighted by Crippen LogP contribution is -1.97. The Morgan fingerprint density at radius 1 is 0.667 bits per heavy atom. The Morgan fingerprint density at radius 2 is 1.12 bits per heavy atom. The fraction of sp³-hybridized carbons (Fsp3) is 0.100. The van der Waals surface area contributed by atoms with Crippen LogP contribution in [0.15, 0.2) is 82.6 Å². The molecule has 3 rings (SSSR count). The summed E-state index contributed by atoms with van der Waals surface area (Å²) in [4.78, 5) is 2.18. The highest BCUT2D eigenvalue weighted by Crippen LogP contribution is 2.50. The second kappa shape index (κ2) is 7.69. The molecule has 24 heavy (non-hydrogen) atoms. The van der Waals surface area contributed by atoms with Crippen LogP contribution in [0.2, 0.25) is 0 Å². The standard InChI is InChI=1S/C20H20N2S2/c1-14-8-2-3-9-15(14)20(23-18-12-6-4-10-16(18)21)24-19-13-7-5-11-17(19)22/h2-13,20H,21-22H2,1H3. The van der Waals surface area contributed by atoms with E-state index in [0.29, 0.717) is 0 Å². The molecule has 122 valence electrons. The minimum absolute atomic E-state index is 0.181. The first-order valence-electron chi connectivity index (χ1n) is 7.73.